The van der Waals surface area contributed by atoms with Crippen molar-refractivity contribution >= 4 is 11.8 Å². The van der Waals surface area contributed by atoms with Crippen molar-refractivity contribution in [2.24, 2.45) is 5.92 Å². The second-order valence-corrected chi connectivity index (χ2v) is 6.86. The van der Waals surface area contributed by atoms with Gasteiger partial charge in [0, 0.05) is 17.3 Å². The predicted molar refractivity (Wildman–Crippen MR) is 71.6 cm³/mol. The number of rotatable bonds is 6. The van der Waals surface area contributed by atoms with Crippen LogP contribution in [0.4, 0.5) is 0 Å². The Labute approximate surface area is 99.8 Å². The van der Waals surface area contributed by atoms with Crippen LogP contribution in [0.5, 0.6) is 0 Å². The van der Waals surface area contributed by atoms with Gasteiger partial charge in [0.15, 0.2) is 0 Å². The Hall–Kier alpha value is 0.310. The van der Waals surface area contributed by atoms with Gasteiger partial charge in [-0.2, -0.15) is 11.8 Å². The Morgan fingerprint density at radius 2 is 2.00 bits per heavy atom. The molecule has 1 aliphatic rings. The highest BCUT2D eigenvalue weighted by molar-refractivity contribution is 7.99. The molecule has 3 atom stereocenters. The molecule has 0 bridgehead atoms. The summed E-state index contributed by atoms with van der Waals surface area (Å²) >= 11 is 2.14. The third-order valence-electron chi connectivity index (χ3n) is 3.13. The number of hydrogen-bond acceptors (Lipinski definition) is 2. The summed E-state index contributed by atoms with van der Waals surface area (Å²) in [7, 11) is 0. The van der Waals surface area contributed by atoms with Crippen molar-refractivity contribution in [1.29, 1.82) is 0 Å². The van der Waals surface area contributed by atoms with E-state index in [0.29, 0.717) is 6.04 Å². The summed E-state index contributed by atoms with van der Waals surface area (Å²) in [5.74, 6) is 2.09. The lowest BCUT2D eigenvalue weighted by Crippen LogP contribution is -2.35. The van der Waals surface area contributed by atoms with Crippen LogP contribution in [0.2, 0.25) is 0 Å². The van der Waals surface area contributed by atoms with Crippen LogP contribution in [0.15, 0.2) is 0 Å². The van der Waals surface area contributed by atoms with Crippen molar-refractivity contribution in [2.75, 3.05) is 5.75 Å². The average Bonchev–Trinajstić information content (AvgIpc) is 2.51. The molecule has 0 heterocycles. The van der Waals surface area contributed by atoms with Gasteiger partial charge in [0.25, 0.3) is 0 Å². The quantitative estimate of drug-likeness (QED) is 0.745. The van der Waals surface area contributed by atoms with E-state index in [-0.39, 0.29) is 0 Å². The summed E-state index contributed by atoms with van der Waals surface area (Å²) in [6.45, 7) is 9.22. The van der Waals surface area contributed by atoms with Crippen LogP contribution in [0.25, 0.3) is 0 Å². The third-order valence-corrected chi connectivity index (χ3v) is 4.36. The van der Waals surface area contributed by atoms with E-state index in [1.54, 1.807) is 0 Å². The van der Waals surface area contributed by atoms with Crippen LogP contribution in [-0.2, 0) is 0 Å². The van der Waals surface area contributed by atoms with Crippen LogP contribution >= 0.6 is 11.8 Å². The van der Waals surface area contributed by atoms with Gasteiger partial charge in [-0.05, 0) is 44.3 Å². The molecule has 0 saturated heterocycles. The second-order valence-electron chi connectivity index (χ2n) is 5.28. The second kappa shape index (κ2) is 6.80. The highest BCUT2D eigenvalue weighted by Crippen LogP contribution is 2.30. The molecule has 1 rings (SSSR count). The van der Waals surface area contributed by atoms with Gasteiger partial charge in [-0.1, -0.05) is 20.8 Å². The minimum absolute atomic E-state index is 0.695. The van der Waals surface area contributed by atoms with E-state index in [9.17, 15) is 0 Å². The molecule has 0 aliphatic heterocycles. The van der Waals surface area contributed by atoms with E-state index in [1.165, 1.54) is 31.4 Å². The van der Waals surface area contributed by atoms with Crippen molar-refractivity contribution in [3.8, 4) is 0 Å². The minimum Gasteiger partial charge on any atom is -0.311 e. The van der Waals surface area contributed by atoms with Crippen molar-refractivity contribution in [3.63, 3.8) is 0 Å². The molecule has 2 heteroatoms. The largest absolute Gasteiger partial charge is 0.311 e. The Morgan fingerprint density at radius 3 is 2.60 bits per heavy atom. The van der Waals surface area contributed by atoms with Gasteiger partial charge in [0.1, 0.15) is 0 Å². The van der Waals surface area contributed by atoms with E-state index in [0.717, 1.165) is 17.2 Å². The van der Waals surface area contributed by atoms with Crippen molar-refractivity contribution < 1.29 is 0 Å². The standard InChI is InChI=1S/C13H27NS/c1-5-15-13-7-6-12(9-13)14-11(4)8-10(2)3/h10-14H,5-9H2,1-4H3. The van der Waals surface area contributed by atoms with Crippen LogP contribution in [0.3, 0.4) is 0 Å². The molecule has 0 aromatic carbocycles. The Balaban J connectivity index is 2.17. The van der Waals surface area contributed by atoms with E-state index >= 15 is 0 Å². The van der Waals surface area contributed by atoms with Gasteiger partial charge in [0.2, 0.25) is 0 Å². The SMILES string of the molecule is CCSC1CCC(NC(C)CC(C)C)C1. The first-order chi connectivity index (χ1) is 7.11. The van der Waals surface area contributed by atoms with Gasteiger partial charge < -0.3 is 5.32 Å². The van der Waals surface area contributed by atoms with Gasteiger partial charge in [-0.25, -0.2) is 0 Å². The molecule has 1 nitrogen and oxygen atoms in total. The fourth-order valence-electron chi connectivity index (χ4n) is 2.66. The smallest absolute Gasteiger partial charge is 0.00804 e. The number of hydrogen-bond donors (Lipinski definition) is 1. The van der Waals surface area contributed by atoms with Crippen molar-refractivity contribution in [3.05, 3.63) is 0 Å². The van der Waals surface area contributed by atoms with Crippen molar-refractivity contribution in [1.82, 2.24) is 5.32 Å². The predicted octanol–water partition coefficient (Wildman–Crippen LogP) is 3.68. The van der Waals surface area contributed by atoms with Gasteiger partial charge in [-0.15, -0.1) is 0 Å². The molecule has 0 radical (unpaired) electrons. The zero-order valence-corrected chi connectivity index (χ0v) is 11.6. The molecule has 3 unspecified atom stereocenters. The zero-order valence-electron chi connectivity index (χ0n) is 10.8. The summed E-state index contributed by atoms with van der Waals surface area (Å²) in [6.07, 6.45) is 5.51. The van der Waals surface area contributed by atoms with Gasteiger partial charge in [-0.3, -0.25) is 0 Å². The van der Waals surface area contributed by atoms with Crippen LogP contribution < -0.4 is 5.32 Å². The zero-order chi connectivity index (χ0) is 11.3. The average molecular weight is 229 g/mol. The normalized spacial score (nSPS) is 28.6. The summed E-state index contributed by atoms with van der Waals surface area (Å²) in [5.41, 5.74) is 0. The van der Waals surface area contributed by atoms with E-state index in [1.807, 2.05) is 0 Å². The Bertz CT molecular complexity index is 170. The fourth-order valence-corrected chi connectivity index (χ4v) is 3.80. The molecule has 1 aliphatic carbocycles. The maximum Gasteiger partial charge on any atom is 0.00804 e. The van der Waals surface area contributed by atoms with Crippen LogP contribution in [0, 0.1) is 5.92 Å². The highest BCUT2D eigenvalue weighted by Gasteiger charge is 2.25. The van der Waals surface area contributed by atoms with E-state index in [4.69, 9.17) is 0 Å². The minimum atomic E-state index is 0.695. The highest BCUT2D eigenvalue weighted by atomic mass is 32.2. The molecule has 0 spiro atoms. The lowest BCUT2D eigenvalue weighted by Gasteiger charge is -2.21. The molecule has 15 heavy (non-hydrogen) atoms. The van der Waals surface area contributed by atoms with E-state index in [2.05, 4.69) is 44.8 Å². The number of nitrogens with one attached hydrogen (secondary N) is 1. The van der Waals surface area contributed by atoms with Crippen LogP contribution in [-0.4, -0.2) is 23.1 Å². The first-order valence-electron chi connectivity index (χ1n) is 6.49. The van der Waals surface area contributed by atoms with Crippen molar-refractivity contribution in [2.45, 2.75) is 70.7 Å². The summed E-state index contributed by atoms with van der Waals surface area (Å²) in [4.78, 5) is 0. The first kappa shape index (κ1) is 13.4. The maximum absolute atomic E-state index is 3.79. The molecule has 0 aromatic rings. The molecule has 90 valence electrons. The monoisotopic (exact) mass is 229 g/mol. The molecule has 1 saturated carbocycles. The molecule has 0 amide bonds. The molecular weight excluding hydrogens is 202 g/mol. The number of thioether (sulfide) groups is 1. The lowest BCUT2D eigenvalue weighted by molar-refractivity contribution is 0.392. The summed E-state index contributed by atoms with van der Waals surface area (Å²) in [6, 6.07) is 1.49. The summed E-state index contributed by atoms with van der Waals surface area (Å²) < 4.78 is 0. The van der Waals surface area contributed by atoms with Gasteiger partial charge in [0.05, 0.1) is 0 Å². The Morgan fingerprint density at radius 1 is 1.27 bits per heavy atom. The molecule has 0 aromatic heterocycles. The van der Waals surface area contributed by atoms with E-state index < -0.39 is 0 Å². The fraction of sp³-hybridized carbons (Fsp3) is 1.00. The third kappa shape index (κ3) is 5.26. The maximum atomic E-state index is 3.79. The topological polar surface area (TPSA) is 12.0 Å². The van der Waals surface area contributed by atoms with Crippen LogP contribution in [0.1, 0.15) is 53.4 Å². The summed E-state index contributed by atoms with van der Waals surface area (Å²) in [5, 5.41) is 4.71. The lowest BCUT2D eigenvalue weighted by atomic mass is 10.0. The first-order valence-corrected chi connectivity index (χ1v) is 7.54. The Kier molecular flexibility index (Phi) is 6.06. The van der Waals surface area contributed by atoms with Gasteiger partial charge >= 0.3 is 0 Å². The molecule has 1 fully saturated rings. The molecular formula is C13H27NS. The molecule has 1 N–H and O–H groups in total.